The van der Waals surface area contributed by atoms with Crippen LogP contribution >= 0.6 is 0 Å². The largest absolute Gasteiger partial charge is 0.508 e. The zero-order valence-corrected chi connectivity index (χ0v) is 19.5. The van der Waals surface area contributed by atoms with E-state index in [-0.39, 0.29) is 11.3 Å². The molecule has 0 aliphatic heterocycles. The number of carbonyl (C=O) groups excluding carboxylic acids is 4. The number of hydrogen-bond donors (Lipinski definition) is 5. The van der Waals surface area contributed by atoms with Crippen LogP contribution in [-0.2, 0) is 23.9 Å². The van der Waals surface area contributed by atoms with Crippen molar-refractivity contribution in [1.29, 1.82) is 0 Å². The summed E-state index contributed by atoms with van der Waals surface area (Å²) < 4.78 is 5.59. The number of benzene rings is 1. The molecule has 11 heteroatoms. The first-order valence-electron chi connectivity index (χ1n) is 10.9. The van der Waals surface area contributed by atoms with Crippen LogP contribution in [0.2, 0.25) is 0 Å². The van der Waals surface area contributed by atoms with Gasteiger partial charge in [-0.25, -0.2) is 0 Å². The lowest BCUT2D eigenvalue weighted by atomic mass is 9.54. The summed E-state index contributed by atoms with van der Waals surface area (Å²) in [6, 6.07) is 3.08. The number of hydrogen-bond acceptors (Lipinski definition) is 10. The van der Waals surface area contributed by atoms with Gasteiger partial charge in [-0.1, -0.05) is 19.1 Å². The molecule has 1 saturated carbocycles. The molecule has 35 heavy (non-hydrogen) atoms. The molecule has 0 spiro atoms. The number of esters is 1. The number of Topliss-reactive ketones (excluding diaryl/α,β-unsaturated/α-hetero) is 2. The highest BCUT2D eigenvalue weighted by molar-refractivity contribution is 6.24. The molecule has 3 aliphatic rings. The number of aliphatic hydroxyl groups is 3. The second-order valence-corrected chi connectivity index (χ2v) is 9.37. The summed E-state index contributed by atoms with van der Waals surface area (Å²) in [5.74, 6) is -9.79. The predicted molar refractivity (Wildman–Crippen MR) is 120 cm³/mol. The van der Waals surface area contributed by atoms with E-state index in [9.17, 15) is 39.6 Å². The number of primary amides is 1. The number of fused-ring (bicyclic) bond motifs is 3. The van der Waals surface area contributed by atoms with E-state index in [4.69, 9.17) is 10.5 Å². The summed E-state index contributed by atoms with van der Waals surface area (Å²) in [5, 5.41) is 44.3. The number of nitrogens with two attached hydrogens (primary N) is 1. The summed E-state index contributed by atoms with van der Waals surface area (Å²) >= 11 is 0. The van der Waals surface area contributed by atoms with E-state index < -0.39 is 81.6 Å². The van der Waals surface area contributed by atoms with E-state index >= 15 is 0 Å². The molecule has 0 unspecified atom stereocenters. The van der Waals surface area contributed by atoms with Gasteiger partial charge in [0.2, 0.25) is 5.78 Å². The molecule has 1 amide bonds. The van der Waals surface area contributed by atoms with Crippen LogP contribution in [0.1, 0.15) is 30.9 Å². The Balaban J connectivity index is 2.12. The first kappa shape index (κ1) is 24.4. The standard InChI is InChI=1S/C24H26N2O9/c1-8-10-6-5-7-11(28)13(10)18(29)14-12(8)20(35-9(2)27)16-17(26(3)4)19(30)15(23(25)33)22(32)24(16,34)21(14)31/h5-8,12,16-17,20,28-29,32,34H,1-4H3,(H2,25,33)/t8-,12+,16+,17-,20-,24-/m1/s1. The lowest BCUT2D eigenvalue weighted by molar-refractivity contribution is -0.184. The number of amides is 1. The Morgan fingerprint density at radius 2 is 1.77 bits per heavy atom. The third-order valence-electron chi connectivity index (χ3n) is 7.27. The van der Waals surface area contributed by atoms with Crippen LogP contribution in [0, 0.1) is 11.8 Å². The number of nitrogens with zero attached hydrogens (tertiary/aromatic N) is 1. The Morgan fingerprint density at radius 3 is 2.31 bits per heavy atom. The summed E-state index contributed by atoms with van der Waals surface area (Å²) in [7, 11) is 2.92. The number of ether oxygens (including phenoxy) is 1. The monoisotopic (exact) mass is 486 g/mol. The minimum Gasteiger partial charge on any atom is -0.508 e. The maximum Gasteiger partial charge on any atom is 0.302 e. The van der Waals surface area contributed by atoms with Crippen molar-refractivity contribution < 1.29 is 44.3 Å². The minimum atomic E-state index is -2.94. The van der Waals surface area contributed by atoms with Crippen LogP contribution < -0.4 is 5.73 Å². The van der Waals surface area contributed by atoms with Crippen LogP contribution in [0.5, 0.6) is 5.75 Å². The van der Waals surface area contributed by atoms with E-state index in [1.54, 1.807) is 19.1 Å². The van der Waals surface area contributed by atoms with Crippen molar-refractivity contribution in [2.75, 3.05) is 14.1 Å². The normalized spacial score (nSPS) is 32.2. The van der Waals surface area contributed by atoms with Gasteiger partial charge in [0.25, 0.3) is 5.91 Å². The maximum atomic E-state index is 13.9. The van der Waals surface area contributed by atoms with Gasteiger partial charge in [0.15, 0.2) is 11.4 Å². The van der Waals surface area contributed by atoms with Crippen molar-refractivity contribution in [2.24, 2.45) is 17.6 Å². The molecule has 0 radical (unpaired) electrons. The molecule has 1 fully saturated rings. The number of carbonyl (C=O) groups is 4. The lowest BCUT2D eigenvalue weighted by Crippen LogP contribution is -2.71. The van der Waals surface area contributed by atoms with Gasteiger partial charge in [-0.15, -0.1) is 0 Å². The van der Waals surface area contributed by atoms with Crippen LogP contribution in [0.15, 0.2) is 35.1 Å². The van der Waals surface area contributed by atoms with E-state index in [0.717, 1.165) is 6.92 Å². The Bertz CT molecular complexity index is 1250. The van der Waals surface area contributed by atoms with E-state index in [1.165, 1.54) is 25.1 Å². The number of ketones is 2. The number of aliphatic hydroxyl groups excluding tert-OH is 2. The number of rotatable bonds is 3. The summed E-state index contributed by atoms with van der Waals surface area (Å²) in [6.07, 6.45) is -1.40. The van der Waals surface area contributed by atoms with Crippen LogP contribution in [-0.4, -0.2) is 80.6 Å². The quantitative estimate of drug-likeness (QED) is 0.289. The van der Waals surface area contributed by atoms with Gasteiger partial charge in [-0.2, -0.15) is 0 Å². The molecule has 1 aromatic carbocycles. The second-order valence-electron chi connectivity index (χ2n) is 9.37. The molecule has 6 N–H and O–H groups in total. The number of aromatic hydroxyl groups is 1. The highest BCUT2D eigenvalue weighted by Crippen LogP contribution is 2.56. The summed E-state index contributed by atoms with van der Waals surface area (Å²) in [4.78, 5) is 52.8. The zero-order chi connectivity index (χ0) is 26.1. The highest BCUT2D eigenvalue weighted by Gasteiger charge is 2.69. The first-order chi connectivity index (χ1) is 16.3. The average molecular weight is 486 g/mol. The minimum absolute atomic E-state index is 0.0436. The van der Waals surface area contributed by atoms with Gasteiger partial charge in [0, 0.05) is 18.4 Å². The van der Waals surface area contributed by atoms with Gasteiger partial charge in [0.1, 0.15) is 28.9 Å². The van der Waals surface area contributed by atoms with Gasteiger partial charge in [-0.05, 0) is 31.6 Å². The van der Waals surface area contributed by atoms with Crippen LogP contribution in [0.4, 0.5) is 0 Å². The number of likely N-dealkylation sites (N-methyl/N-ethyl adjacent to an activating group) is 1. The highest BCUT2D eigenvalue weighted by atomic mass is 16.5. The van der Waals surface area contributed by atoms with E-state index in [2.05, 4.69) is 0 Å². The third kappa shape index (κ3) is 3.11. The van der Waals surface area contributed by atoms with Gasteiger partial charge in [-0.3, -0.25) is 24.1 Å². The Hall–Kier alpha value is -3.70. The molecule has 0 saturated heterocycles. The van der Waals surface area contributed by atoms with Crippen molar-refractivity contribution in [3.63, 3.8) is 0 Å². The second kappa shape index (κ2) is 7.92. The smallest absolute Gasteiger partial charge is 0.302 e. The molecule has 0 aromatic heterocycles. The molecule has 11 nitrogen and oxygen atoms in total. The molecule has 6 atom stereocenters. The molecule has 1 aromatic rings. The Kier molecular flexibility index (Phi) is 5.53. The zero-order valence-electron chi connectivity index (χ0n) is 19.5. The van der Waals surface area contributed by atoms with Crippen molar-refractivity contribution in [1.82, 2.24) is 4.90 Å². The SMILES string of the molecule is CC(=O)O[C@@H]1[C@@H]2C(=C(O)c3c(O)cccc3[C@H]2C)C(=O)[C@@]2(O)C(O)=C(C(N)=O)C(=O)[C@H](N(C)C)[C@@H]12. The fraction of sp³-hybridized carbons (Fsp3) is 0.417. The van der Waals surface area contributed by atoms with Gasteiger partial charge in [0.05, 0.1) is 17.5 Å². The molecule has 186 valence electrons. The van der Waals surface area contributed by atoms with E-state index in [1.807, 2.05) is 0 Å². The average Bonchev–Trinajstić information content (AvgIpc) is 2.75. The molecule has 3 aliphatic carbocycles. The summed E-state index contributed by atoms with van der Waals surface area (Å²) in [6.45, 7) is 2.79. The van der Waals surface area contributed by atoms with Crippen molar-refractivity contribution in [2.45, 2.75) is 37.5 Å². The molecular formula is C24H26N2O9. The number of phenolic OH excluding ortho intramolecular Hbond substituents is 1. The van der Waals surface area contributed by atoms with Crippen molar-refractivity contribution in [3.8, 4) is 5.75 Å². The Morgan fingerprint density at radius 1 is 1.14 bits per heavy atom. The van der Waals surface area contributed by atoms with E-state index in [0.29, 0.717) is 5.56 Å². The fourth-order valence-electron chi connectivity index (χ4n) is 5.88. The molecule has 4 rings (SSSR count). The predicted octanol–water partition coefficient (Wildman–Crippen LogP) is 0.0666. The van der Waals surface area contributed by atoms with Gasteiger partial charge >= 0.3 is 5.97 Å². The molecular weight excluding hydrogens is 460 g/mol. The van der Waals surface area contributed by atoms with Crippen LogP contribution in [0.25, 0.3) is 5.76 Å². The first-order valence-corrected chi connectivity index (χ1v) is 10.9. The van der Waals surface area contributed by atoms with Crippen LogP contribution in [0.3, 0.4) is 0 Å². The lowest BCUT2D eigenvalue weighted by Gasteiger charge is -2.54. The maximum absolute atomic E-state index is 13.9. The summed E-state index contributed by atoms with van der Waals surface area (Å²) in [5.41, 5.74) is 1.43. The molecule has 0 bridgehead atoms. The fourth-order valence-corrected chi connectivity index (χ4v) is 5.88. The third-order valence-corrected chi connectivity index (χ3v) is 7.27. The van der Waals surface area contributed by atoms with Crippen molar-refractivity contribution >= 4 is 29.2 Å². The van der Waals surface area contributed by atoms with Gasteiger partial charge < -0.3 is 30.9 Å². The number of phenols is 1. The Labute approximate surface area is 200 Å². The molecule has 0 heterocycles. The topological polar surface area (TPSA) is 188 Å². The van der Waals surface area contributed by atoms with Crippen molar-refractivity contribution in [3.05, 3.63) is 46.2 Å².